The second-order valence-electron chi connectivity index (χ2n) is 7.67. The van der Waals surface area contributed by atoms with E-state index in [-0.39, 0.29) is 23.8 Å². The van der Waals surface area contributed by atoms with Crippen molar-refractivity contribution < 1.29 is 9.59 Å². The molecule has 0 spiro atoms. The zero-order valence-corrected chi connectivity index (χ0v) is 18.2. The van der Waals surface area contributed by atoms with E-state index in [1.54, 1.807) is 6.20 Å². The Morgan fingerprint density at radius 2 is 2.00 bits per heavy atom. The standard InChI is InChI=1S/C23H29N3O3.ClH/c1-24-22(28)20-13-19(21(27)11-5-9-17-10-6-12-25-14-17)16-26(23(20)29)15-18-7-3-2-4-8-18;/h2-4,7-8,13,16-17,25H,5-6,9-12,14-15H2,1H3,(H,24,28);1H. The third-order valence-corrected chi connectivity index (χ3v) is 5.49. The van der Waals surface area contributed by atoms with Gasteiger partial charge >= 0.3 is 0 Å². The zero-order valence-electron chi connectivity index (χ0n) is 17.4. The first kappa shape index (κ1) is 23.8. The van der Waals surface area contributed by atoms with Crippen LogP contribution in [-0.2, 0) is 6.54 Å². The van der Waals surface area contributed by atoms with Crippen LogP contribution in [0.4, 0.5) is 0 Å². The Kier molecular flexibility index (Phi) is 9.27. The largest absolute Gasteiger partial charge is 0.355 e. The summed E-state index contributed by atoms with van der Waals surface area (Å²) in [6.45, 7) is 2.43. The number of piperidine rings is 1. The molecule has 1 amide bonds. The maximum absolute atomic E-state index is 12.8. The van der Waals surface area contributed by atoms with Crippen molar-refractivity contribution in [3.8, 4) is 0 Å². The lowest BCUT2D eigenvalue weighted by Gasteiger charge is -2.22. The molecule has 2 aromatic rings. The molecule has 2 heterocycles. The number of nitrogens with one attached hydrogen (secondary N) is 2. The number of ketones is 1. The third kappa shape index (κ3) is 6.28. The molecule has 1 atom stereocenters. The lowest BCUT2D eigenvalue weighted by molar-refractivity contribution is 0.0961. The highest BCUT2D eigenvalue weighted by Crippen LogP contribution is 2.18. The first-order valence-corrected chi connectivity index (χ1v) is 10.3. The number of pyridine rings is 1. The molecule has 3 rings (SSSR count). The van der Waals surface area contributed by atoms with Crippen molar-refractivity contribution in [1.29, 1.82) is 0 Å². The molecular formula is C23H30ClN3O3. The molecule has 1 aromatic heterocycles. The Bertz CT molecular complexity index is 906. The van der Waals surface area contributed by atoms with Gasteiger partial charge in [-0.15, -0.1) is 12.4 Å². The summed E-state index contributed by atoms with van der Waals surface area (Å²) < 4.78 is 1.46. The molecule has 1 saturated heterocycles. The second kappa shape index (κ2) is 11.7. The molecule has 1 fully saturated rings. The highest BCUT2D eigenvalue weighted by Gasteiger charge is 2.18. The SMILES string of the molecule is CNC(=O)c1cc(C(=O)CCCC2CCCNC2)cn(Cc2ccccc2)c1=O.Cl. The number of hydrogen-bond acceptors (Lipinski definition) is 4. The molecule has 1 aliphatic rings. The maximum Gasteiger partial charge on any atom is 0.263 e. The molecular weight excluding hydrogens is 402 g/mol. The normalized spacial score (nSPS) is 15.8. The summed E-state index contributed by atoms with van der Waals surface area (Å²) in [5, 5.41) is 5.90. The number of rotatable bonds is 8. The maximum atomic E-state index is 12.8. The first-order valence-electron chi connectivity index (χ1n) is 10.3. The number of hydrogen-bond donors (Lipinski definition) is 2. The van der Waals surface area contributed by atoms with E-state index in [4.69, 9.17) is 0 Å². The summed E-state index contributed by atoms with van der Waals surface area (Å²) >= 11 is 0. The molecule has 0 radical (unpaired) electrons. The van der Waals surface area contributed by atoms with Crippen molar-refractivity contribution in [2.24, 2.45) is 5.92 Å². The summed E-state index contributed by atoms with van der Waals surface area (Å²) in [6.07, 6.45) is 6.25. The van der Waals surface area contributed by atoms with Crippen molar-refractivity contribution in [1.82, 2.24) is 15.2 Å². The average molecular weight is 432 g/mol. The fourth-order valence-corrected chi connectivity index (χ4v) is 3.85. The number of benzene rings is 1. The Balaban J connectivity index is 0.00000320. The van der Waals surface area contributed by atoms with Gasteiger partial charge in [-0.1, -0.05) is 30.3 Å². The Morgan fingerprint density at radius 3 is 2.67 bits per heavy atom. The number of carbonyl (C=O) groups excluding carboxylic acids is 2. The Morgan fingerprint density at radius 1 is 1.23 bits per heavy atom. The molecule has 162 valence electrons. The molecule has 1 unspecified atom stereocenters. The van der Waals surface area contributed by atoms with Crippen LogP contribution >= 0.6 is 12.4 Å². The van der Waals surface area contributed by atoms with Crippen LogP contribution in [0.1, 0.15) is 58.4 Å². The molecule has 0 aliphatic carbocycles. The summed E-state index contributed by atoms with van der Waals surface area (Å²) in [5.74, 6) is 0.130. The number of halogens is 1. The summed E-state index contributed by atoms with van der Waals surface area (Å²) in [7, 11) is 1.48. The molecule has 1 aromatic carbocycles. The van der Waals surface area contributed by atoms with Gasteiger partial charge in [-0.25, -0.2) is 0 Å². The third-order valence-electron chi connectivity index (χ3n) is 5.49. The van der Waals surface area contributed by atoms with E-state index in [0.717, 1.165) is 31.5 Å². The van der Waals surface area contributed by atoms with Crippen LogP contribution in [0.25, 0.3) is 0 Å². The van der Waals surface area contributed by atoms with E-state index in [1.165, 1.54) is 30.5 Å². The fourth-order valence-electron chi connectivity index (χ4n) is 3.85. The minimum atomic E-state index is -0.472. The highest BCUT2D eigenvalue weighted by molar-refractivity contribution is 6.00. The number of Topliss-reactive ketones (excluding diaryl/α,β-unsaturated/α-hetero) is 1. The summed E-state index contributed by atoms with van der Waals surface area (Å²) in [6, 6.07) is 11.0. The van der Waals surface area contributed by atoms with Crippen molar-refractivity contribution in [3.63, 3.8) is 0 Å². The van der Waals surface area contributed by atoms with E-state index < -0.39 is 11.5 Å². The lowest BCUT2D eigenvalue weighted by Crippen LogP contribution is -2.32. The molecule has 1 aliphatic heterocycles. The quantitative estimate of drug-likeness (QED) is 0.629. The van der Waals surface area contributed by atoms with Crippen LogP contribution in [0.3, 0.4) is 0 Å². The molecule has 0 bridgehead atoms. The minimum Gasteiger partial charge on any atom is -0.355 e. The number of nitrogens with zero attached hydrogens (tertiary/aromatic N) is 1. The van der Waals surface area contributed by atoms with Crippen LogP contribution < -0.4 is 16.2 Å². The van der Waals surface area contributed by atoms with E-state index in [2.05, 4.69) is 10.6 Å². The van der Waals surface area contributed by atoms with Crippen LogP contribution in [0.15, 0.2) is 47.4 Å². The second-order valence-corrected chi connectivity index (χ2v) is 7.67. The smallest absolute Gasteiger partial charge is 0.263 e. The molecule has 6 nitrogen and oxygen atoms in total. The van der Waals surface area contributed by atoms with Gasteiger partial charge in [0, 0.05) is 25.2 Å². The van der Waals surface area contributed by atoms with Gasteiger partial charge in [0.25, 0.3) is 11.5 Å². The number of amides is 1. The minimum absolute atomic E-state index is 0. The molecule has 7 heteroatoms. The van der Waals surface area contributed by atoms with Gasteiger partial charge in [0.1, 0.15) is 5.56 Å². The van der Waals surface area contributed by atoms with E-state index in [9.17, 15) is 14.4 Å². The predicted octanol–water partition coefficient (Wildman–Crippen LogP) is 3.03. The monoisotopic (exact) mass is 431 g/mol. The average Bonchev–Trinajstić information content (AvgIpc) is 2.76. The van der Waals surface area contributed by atoms with Crippen molar-refractivity contribution >= 4 is 24.1 Å². The van der Waals surface area contributed by atoms with Crippen molar-refractivity contribution in [2.75, 3.05) is 20.1 Å². The van der Waals surface area contributed by atoms with Crippen LogP contribution in [0.2, 0.25) is 0 Å². The topological polar surface area (TPSA) is 80.2 Å². The molecule has 30 heavy (non-hydrogen) atoms. The van der Waals surface area contributed by atoms with E-state index in [1.807, 2.05) is 30.3 Å². The fraction of sp³-hybridized carbons (Fsp3) is 0.435. The zero-order chi connectivity index (χ0) is 20.6. The van der Waals surface area contributed by atoms with E-state index >= 15 is 0 Å². The van der Waals surface area contributed by atoms with Crippen LogP contribution in [0.5, 0.6) is 0 Å². The van der Waals surface area contributed by atoms with Gasteiger partial charge in [0.05, 0.1) is 6.54 Å². The van der Waals surface area contributed by atoms with Gasteiger partial charge in [0.2, 0.25) is 0 Å². The van der Waals surface area contributed by atoms with E-state index in [0.29, 0.717) is 24.4 Å². The number of carbonyl (C=O) groups is 2. The van der Waals surface area contributed by atoms with Gasteiger partial charge in [-0.3, -0.25) is 14.4 Å². The first-order chi connectivity index (χ1) is 14.1. The number of aromatic nitrogens is 1. The van der Waals surface area contributed by atoms with Crippen molar-refractivity contribution in [3.05, 3.63) is 69.6 Å². The molecule has 2 N–H and O–H groups in total. The summed E-state index contributed by atoms with van der Waals surface area (Å²) in [4.78, 5) is 37.7. The Hall–Kier alpha value is -2.44. The molecule has 0 saturated carbocycles. The lowest BCUT2D eigenvalue weighted by atomic mass is 9.93. The van der Waals surface area contributed by atoms with Gasteiger partial charge < -0.3 is 15.2 Å². The van der Waals surface area contributed by atoms with Crippen LogP contribution in [-0.4, -0.2) is 36.4 Å². The van der Waals surface area contributed by atoms with Gasteiger partial charge in [-0.2, -0.15) is 0 Å². The predicted molar refractivity (Wildman–Crippen MR) is 121 cm³/mol. The van der Waals surface area contributed by atoms with Gasteiger partial charge in [-0.05, 0) is 56.3 Å². The van der Waals surface area contributed by atoms with Gasteiger partial charge in [0.15, 0.2) is 5.78 Å². The summed E-state index contributed by atoms with van der Waals surface area (Å²) in [5.41, 5.74) is 0.969. The van der Waals surface area contributed by atoms with Crippen LogP contribution in [0, 0.1) is 5.92 Å². The highest BCUT2D eigenvalue weighted by atomic mass is 35.5. The Labute approximate surface area is 183 Å². The van der Waals surface area contributed by atoms with Crippen molar-refractivity contribution in [2.45, 2.75) is 38.6 Å².